The molecule has 0 fully saturated rings. The number of ether oxygens (including phenoxy) is 1. The Morgan fingerprint density at radius 2 is 1.95 bits per heavy atom. The second-order valence-electron chi connectivity index (χ2n) is 3.88. The molecule has 7 heteroatoms. The minimum Gasteiger partial charge on any atom is -0.406 e. The zero-order valence-electron chi connectivity index (χ0n) is 9.99. The lowest BCUT2D eigenvalue weighted by molar-refractivity contribution is -0.274. The number of aliphatic hydroxyl groups is 1. The van der Waals surface area contributed by atoms with Gasteiger partial charge in [0.25, 0.3) is 0 Å². The Morgan fingerprint density at radius 1 is 1.20 bits per heavy atom. The van der Waals surface area contributed by atoms with Crippen LogP contribution in [0.1, 0.15) is 5.56 Å². The number of aliphatic hydroxyl groups excluding tert-OH is 1. The maximum Gasteiger partial charge on any atom is 0.573 e. The van der Waals surface area contributed by atoms with Crippen LogP contribution < -0.4 is 4.74 Å². The number of hydrogen-bond donors (Lipinski definition) is 1. The third kappa shape index (κ3) is 3.61. The van der Waals surface area contributed by atoms with Crippen molar-refractivity contribution in [3.05, 3.63) is 47.1 Å². The van der Waals surface area contributed by atoms with Gasteiger partial charge in [0, 0.05) is 11.1 Å². The molecule has 0 saturated carbocycles. The third-order valence-corrected chi connectivity index (χ3v) is 2.79. The van der Waals surface area contributed by atoms with Crippen molar-refractivity contribution in [1.29, 1.82) is 0 Å². The smallest absolute Gasteiger partial charge is 0.406 e. The highest BCUT2D eigenvalue weighted by atomic mass is 35.5. The molecular weight excluding hydrogens is 295 g/mol. The first kappa shape index (κ1) is 14.6. The van der Waals surface area contributed by atoms with Gasteiger partial charge in [-0.2, -0.15) is 0 Å². The lowest BCUT2D eigenvalue weighted by Crippen LogP contribution is -2.17. The Kier molecular flexibility index (Phi) is 4.15. The molecule has 0 aliphatic rings. The van der Waals surface area contributed by atoms with Gasteiger partial charge in [0.15, 0.2) is 0 Å². The molecule has 1 aromatic heterocycles. The predicted octanol–water partition coefficient (Wildman–Crippen LogP) is 3.79. The van der Waals surface area contributed by atoms with Crippen LogP contribution in [0, 0.1) is 0 Å². The van der Waals surface area contributed by atoms with E-state index in [0.29, 0.717) is 16.8 Å². The average Bonchev–Trinajstić information content (AvgIpc) is 2.37. The molecule has 20 heavy (non-hydrogen) atoms. The molecule has 0 aliphatic heterocycles. The first-order valence-electron chi connectivity index (χ1n) is 5.51. The number of hydrogen-bond acceptors (Lipinski definition) is 3. The normalized spacial score (nSPS) is 11.4. The number of pyridine rings is 1. The molecule has 1 aromatic carbocycles. The first-order valence-corrected chi connectivity index (χ1v) is 5.89. The fourth-order valence-electron chi connectivity index (χ4n) is 1.59. The standard InChI is InChI=1S/C13H9ClF3NO2/c14-12-9(7-19)4-5-11(18-12)8-2-1-3-10(6-8)20-13(15,16)17/h1-6,19H,7H2. The van der Waals surface area contributed by atoms with Crippen LogP contribution >= 0.6 is 11.6 Å². The van der Waals surface area contributed by atoms with Crippen molar-refractivity contribution in [2.45, 2.75) is 13.0 Å². The molecule has 106 valence electrons. The van der Waals surface area contributed by atoms with Crippen LogP contribution in [0.4, 0.5) is 13.2 Å². The summed E-state index contributed by atoms with van der Waals surface area (Å²) >= 11 is 5.84. The number of benzene rings is 1. The van der Waals surface area contributed by atoms with E-state index in [1.807, 2.05) is 0 Å². The summed E-state index contributed by atoms with van der Waals surface area (Å²) in [5.74, 6) is -0.334. The van der Waals surface area contributed by atoms with Gasteiger partial charge in [-0.15, -0.1) is 13.2 Å². The molecule has 2 rings (SSSR count). The van der Waals surface area contributed by atoms with Gasteiger partial charge in [0.1, 0.15) is 10.9 Å². The lowest BCUT2D eigenvalue weighted by Gasteiger charge is -2.10. The van der Waals surface area contributed by atoms with E-state index in [0.717, 1.165) is 0 Å². The van der Waals surface area contributed by atoms with Gasteiger partial charge < -0.3 is 9.84 Å². The fourth-order valence-corrected chi connectivity index (χ4v) is 1.81. The predicted molar refractivity (Wildman–Crippen MR) is 67.3 cm³/mol. The van der Waals surface area contributed by atoms with E-state index in [1.54, 1.807) is 18.2 Å². The molecule has 3 nitrogen and oxygen atoms in total. The third-order valence-electron chi connectivity index (χ3n) is 2.46. The number of halogens is 4. The zero-order chi connectivity index (χ0) is 14.8. The summed E-state index contributed by atoms with van der Waals surface area (Å²) < 4.78 is 40.3. The maximum absolute atomic E-state index is 12.2. The van der Waals surface area contributed by atoms with E-state index >= 15 is 0 Å². The molecule has 2 aromatic rings. The quantitative estimate of drug-likeness (QED) is 0.877. The Morgan fingerprint density at radius 3 is 2.55 bits per heavy atom. The van der Waals surface area contributed by atoms with Gasteiger partial charge in [0.2, 0.25) is 0 Å². The molecule has 0 aliphatic carbocycles. The van der Waals surface area contributed by atoms with Crippen LogP contribution in [-0.2, 0) is 6.61 Å². The van der Waals surface area contributed by atoms with E-state index in [-0.39, 0.29) is 17.5 Å². The van der Waals surface area contributed by atoms with Gasteiger partial charge in [-0.3, -0.25) is 0 Å². The molecule has 1 N–H and O–H groups in total. The molecule has 0 bridgehead atoms. The molecular formula is C13H9ClF3NO2. The summed E-state index contributed by atoms with van der Waals surface area (Å²) in [7, 11) is 0. The van der Waals surface area contributed by atoms with E-state index in [1.165, 1.54) is 18.2 Å². The van der Waals surface area contributed by atoms with Crippen molar-refractivity contribution in [2.24, 2.45) is 0 Å². The highest BCUT2D eigenvalue weighted by Crippen LogP contribution is 2.28. The van der Waals surface area contributed by atoms with Gasteiger partial charge in [-0.25, -0.2) is 4.98 Å². The second-order valence-corrected chi connectivity index (χ2v) is 4.24. The van der Waals surface area contributed by atoms with Crippen LogP contribution in [0.25, 0.3) is 11.3 Å². The number of aromatic nitrogens is 1. The summed E-state index contributed by atoms with van der Waals surface area (Å²) in [4.78, 5) is 4.02. The van der Waals surface area contributed by atoms with Gasteiger partial charge in [0.05, 0.1) is 12.3 Å². The molecule has 1 heterocycles. The van der Waals surface area contributed by atoms with Crippen molar-refractivity contribution in [1.82, 2.24) is 4.98 Å². The number of alkyl halides is 3. The summed E-state index contributed by atoms with van der Waals surface area (Å²) in [5, 5.41) is 9.09. The van der Waals surface area contributed by atoms with Crippen molar-refractivity contribution in [3.8, 4) is 17.0 Å². The Balaban J connectivity index is 2.33. The van der Waals surface area contributed by atoms with Crippen molar-refractivity contribution < 1.29 is 23.0 Å². The Bertz CT molecular complexity index is 617. The second kappa shape index (κ2) is 5.68. The molecule has 0 amide bonds. The van der Waals surface area contributed by atoms with E-state index in [4.69, 9.17) is 16.7 Å². The minimum atomic E-state index is -4.75. The van der Waals surface area contributed by atoms with Crippen LogP contribution in [-0.4, -0.2) is 16.5 Å². The number of nitrogens with zero attached hydrogens (tertiary/aromatic N) is 1. The van der Waals surface area contributed by atoms with Crippen LogP contribution in [0.2, 0.25) is 5.15 Å². The molecule has 0 atom stereocenters. The monoisotopic (exact) mass is 303 g/mol. The Hall–Kier alpha value is -1.79. The van der Waals surface area contributed by atoms with Crippen molar-refractivity contribution >= 4 is 11.6 Å². The molecule has 0 saturated heterocycles. The summed E-state index contributed by atoms with van der Waals surface area (Å²) in [6.45, 7) is -0.261. The van der Waals surface area contributed by atoms with Crippen molar-refractivity contribution in [2.75, 3.05) is 0 Å². The van der Waals surface area contributed by atoms with E-state index < -0.39 is 6.36 Å². The molecule has 0 radical (unpaired) electrons. The highest BCUT2D eigenvalue weighted by molar-refractivity contribution is 6.30. The van der Waals surface area contributed by atoms with Crippen LogP contribution in [0.15, 0.2) is 36.4 Å². The Labute approximate surface area is 117 Å². The van der Waals surface area contributed by atoms with E-state index in [9.17, 15) is 13.2 Å². The largest absolute Gasteiger partial charge is 0.573 e. The number of rotatable bonds is 3. The highest BCUT2D eigenvalue weighted by Gasteiger charge is 2.31. The fraction of sp³-hybridized carbons (Fsp3) is 0.154. The first-order chi connectivity index (χ1) is 9.39. The van der Waals surface area contributed by atoms with Crippen molar-refractivity contribution in [3.63, 3.8) is 0 Å². The lowest BCUT2D eigenvalue weighted by atomic mass is 10.1. The van der Waals surface area contributed by atoms with Gasteiger partial charge >= 0.3 is 6.36 Å². The maximum atomic E-state index is 12.2. The molecule has 0 spiro atoms. The van der Waals surface area contributed by atoms with Crippen LogP contribution in [0.5, 0.6) is 5.75 Å². The SMILES string of the molecule is OCc1ccc(-c2cccc(OC(F)(F)F)c2)nc1Cl. The van der Waals surface area contributed by atoms with Gasteiger partial charge in [-0.05, 0) is 18.2 Å². The summed E-state index contributed by atoms with van der Waals surface area (Å²) in [5.41, 5.74) is 1.26. The summed E-state index contributed by atoms with van der Waals surface area (Å²) in [6.07, 6.45) is -4.75. The van der Waals surface area contributed by atoms with E-state index in [2.05, 4.69) is 9.72 Å². The topological polar surface area (TPSA) is 42.4 Å². The summed E-state index contributed by atoms with van der Waals surface area (Å²) in [6, 6.07) is 8.53. The minimum absolute atomic E-state index is 0.104. The molecule has 0 unspecified atom stereocenters. The van der Waals surface area contributed by atoms with Crippen LogP contribution in [0.3, 0.4) is 0 Å². The van der Waals surface area contributed by atoms with Gasteiger partial charge in [-0.1, -0.05) is 29.8 Å². The average molecular weight is 304 g/mol. The zero-order valence-corrected chi connectivity index (χ0v) is 10.7.